The second-order valence-electron chi connectivity index (χ2n) is 8.48. The topological polar surface area (TPSA) is 58.6 Å². The third-order valence-corrected chi connectivity index (χ3v) is 6.98. The Kier molecular flexibility index (Phi) is 9.30. The van der Waals surface area contributed by atoms with Crippen LogP contribution in [0, 0.1) is 6.92 Å². The first-order valence-electron chi connectivity index (χ1n) is 11.2. The summed E-state index contributed by atoms with van der Waals surface area (Å²) in [5, 5.41) is 4.68. The predicted octanol–water partition coefficient (Wildman–Crippen LogP) is 6.20. The first-order chi connectivity index (χ1) is 15.7. The van der Waals surface area contributed by atoms with Crippen LogP contribution >= 0.6 is 34.8 Å². The maximum atomic E-state index is 13.2. The summed E-state index contributed by atoms with van der Waals surface area (Å²) in [7, 11) is 0. The number of ether oxygens (including phenoxy) is 1. The molecule has 1 aliphatic carbocycles. The Balaban J connectivity index is 1.74. The van der Waals surface area contributed by atoms with Gasteiger partial charge in [-0.1, -0.05) is 60.1 Å². The molecular formula is C25H29Cl3N2O3. The van der Waals surface area contributed by atoms with Crippen LogP contribution in [0.4, 0.5) is 0 Å². The van der Waals surface area contributed by atoms with E-state index in [4.69, 9.17) is 39.5 Å². The van der Waals surface area contributed by atoms with Gasteiger partial charge >= 0.3 is 0 Å². The molecule has 2 amide bonds. The molecule has 1 atom stereocenters. The number of nitrogens with zero attached hydrogens (tertiary/aromatic N) is 1. The molecule has 0 spiro atoms. The lowest BCUT2D eigenvalue weighted by Crippen LogP contribution is -2.51. The van der Waals surface area contributed by atoms with Crippen molar-refractivity contribution in [2.75, 3.05) is 6.61 Å². The monoisotopic (exact) mass is 510 g/mol. The van der Waals surface area contributed by atoms with Gasteiger partial charge in [0.2, 0.25) is 5.91 Å². The molecule has 0 heterocycles. The molecule has 0 unspecified atom stereocenters. The number of hydrogen-bond donors (Lipinski definition) is 1. The summed E-state index contributed by atoms with van der Waals surface area (Å²) < 4.78 is 5.72. The molecule has 33 heavy (non-hydrogen) atoms. The van der Waals surface area contributed by atoms with Crippen molar-refractivity contribution >= 4 is 46.6 Å². The van der Waals surface area contributed by atoms with Crippen molar-refractivity contribution in [2.45, 2.75) is 64.6 Å². The number of halogens is 3. The van der Waals surface area contributed by atoms with Crippen molar-refractivity contribution in [1.82, 2.24) is 10.2 Å². The minimum atomic E-state index is -0.693. The molecule has 5 nitrogen and oxygen atoms in total. The van der Waals surface area contributed by atoms with Crippen LogP contribution in [0.25, 0.3) is 0 Å². The summed E-state index contributed by atoms with van der Waals surface area (Å²) in [6.07, 6.45) is 5.35. The Morgan fingerprint density at radius 1 is 1.06 bits per heavy atom. The van der Waals surface area contributed by atoms with E-state index in [-0.39, 0.29) is 31.0 Å². The predicted molar refractivity (Wildman–Crippen MR) is 133 cm³/mol. The zero-order valence-corrected chi connectivity index (χ0v) is 21.1. The first kappa shape index (κ1) is 25.7. The molecule has 1 saturated carbocycles. The lowest BCUT2D eigenvalue weighted by Gasteiger charge is -2.31. The fraction of sp³-hybridized carbons (Fsp3) is 0.440. The highest BCUT2D eigenvalue weighted by Gasteiger charge is 2.29. The minimum Gasteiger partial charge on any atom is -0.484 e. The molecule has 0 saturated heterocycles. The van der Waals surface area contributed by atoms with Crippen LogP contribution in [0.1, 0.15) is 50.2 Å². The number of benzene rings is 2. The van der Waals surface area contributed by atoms with Crippen molar-refractivity contribution in [3.63, 3.8) is 0 Å². The number of aryl methyl sites for hydroxylation is 1. The molecule has 0 radical (unpaired) electrons. The van der Waals surface area contributed by atoms with Crippen LogP contribution in [0.2, 0.25) is 15.1 Å². The molecule has 2 aromatic rings. The Hall–Kier alpha value is -1.95. The second-order valence-corrected chi connectivity index (χ2v) is 9.73. The van der Waals surface area contributed by atoms with E-state index in [1.807, 2.05) is 6.92 Å². The van der Waals surface area contributed by atoms with Gasteiger partial charge in [0.1, 0.15) is 11.8 Å². The Morgan fingerprint density at radius 2 is 1.79 bits per heavy atom. The van der Waals surface area contributed by atoms with E-state index in [2.05, 4.69) is 5.32 Å². The van der Waals surface area contributed by atoms with Crippen LogP contribution in [-0.2, 0) is 16.1 Å². The van der Waals surface area contributed by atoms with E-state index >= 15 is 0 Å². The lowest BCUT2D eigenvalue weighted by molar-refractivity contribution is -0.142. The van der Waals surface area contributed by atoms with Gasteiger partial charge in [-0.05, 0) is 68.1 Å². The highest BCUT2D eigenvalue weighted by molar-refractivity contribution is 6.35. The van der Waals surface area contributed by atoms with Gasteiger partial charge in [0.05, 0.1) is 0 Å². The first-order valence-corrected chi connectivity index (χ1v) is 12.3. The normalized spacial score (nSPS) is 15.1. The van der Waals surface area contributed by atoms with Crippen molar-refractivity contribution in [3.05, 3.63) is 62.6 Å². The zero-order chi connectivity index (χ0) is 24.0. The van der Waals surface area contributed by atoms with Crippen LogP contribution < -0.4 is 10.1 Å². The highest BCUT2D eigenvalue weighted by atomic mass is 35.5. The van der Waals surface area contributed by atoms with Crippen molar-refractivity contribution < 1.29 is 14.3 Å². The molecule has 0 aromatic heterocycles. The molecule has 1 aliphatic rings. The fourth-order valence-corrected chi connectivity index (χ4v) is 4.51. The second kappa shape index (κ2) is 12.0. The minimum absolute atomic E-state index is 0.151. The van der Waals surface area contributed by atoms with Crippen LogP contribution in [0.5, 0.6) is 5.75 Å². The van der Waals surface area contributed by atoms with Crippen molar-refractivity contribution in [1.29, 1.82) is 0 Å². The molecule has 8 heteroatoms. The van der Waals surface area contributed by atoms with Gasteiger partial charge < -0.3 is 15.0 Å². The van der Waals surface area contributed by atoms with Gasteiger partial charge in [0.25, 0.3) is 5.91 Å². The number of carbonyl (C=O) groups is 2. The summed E-state index contributed by atoms with van der Waals surface area (Å²) >= 11 is 18.4. The summed E-state index contributed by atoms with van der Waals surface area (Å²) in [4.78, 5) is 27.7. The summed E-state index contributed by atoms with van der Waals surface area (Å²) in [5.41, 5.74) is 1.56. The Labute approximate surface area is 210 Å². The molecule has 0 aliphatic heterocycles. The van der Waals surface area contributed by atoms with Crippen LogP contribution in [0.3, 0.4) is 0 Å². The summed E-state index contributed by atoms with van der Waals surface area (Å²) in [6, 6.07) is 9.77. The standard InChI is InChI=1S/C25H29Cl3N2O3/c1-16-12-21(10-11-22(16)27)33-15-24(31)30(14-18-8-9-19(26)13-23(18)28)17(2)25(32)29-20-6-4-3-5-7-20/h8-13,17,20H,3-7,14-15H2,1-2H3,(H,29,32)/t17-/m1/s1. The van der Waals surface area contributed by atoms with E-state index in [0.717, 1.165) is 31.2 Å². The van der Waals surface area contributed by atoms with Gasteiger partial charge in [-0.2, -0.15) is 0 Å². The number of hydrogen-bond acceptors (Lipinski definition) is 3. The van der Waals surface area contributed by atoms with Crippen LogP contribution in [-0.4, -0.2) is 35.4 Å². The highest BCUT2D eigenvalue weighted by Crippen LogP contribution is 2.25. The molecule has 1 N–H and O–H groups in total. The van der Waals surface area contributed by atoms with Gasteiger partial charge in [-0.25, -0.2) is 0 Å². The number of rotatable bonds is 8. The van der Waals surface area contributed by atoms with E-state index in [1.165, 1.54) is 11.3 Å². The van der Waals surface area contributed by atoms with Gasteiger partial charge in [-0.15, -0.1) is 0 Å². The number of amides is 2. The smallest absolute Gasteiger partial charge is 0.261 e. The van der Waals surface area contributed by atoms with E-state index < -0.39 is 6.04 Å². The maximum Gasteiger partial charge on any atom is 0.261 e. The molecule has 1 fully saturated rings. The number of carbonyl (C=O) groups excluding carboxylic acids is 2. The Bertz CT molecular complexity index is 993. The third-order valence-electron chi connectivity index (χ3n) is 5.97. The van der Waals surface area contributed by atoms with E-state index in [1.54, 1.807) is 43.3 Å². The molecule has 3 rings (SSSR count). The van der Waals surface area contributed by atoms with Gasteiger partial charge in [-0.3, -0.25) is 9.59 Å². The van der Waals surface area contributed by atoms with Crippen molar-refractivity contribution in [3.8, 4) is 5.75 Å². The Morgan fingerprint density at radius 3 is 2.45 bits per heavy atom. The fourth-order valence-electron chi connectivity index (χ4n) is 3.92. The molecule has 0 bridgehead atoms. The quantitative estimate of drug-likeness (QED) is 0.459. The molecule has 178 valence electrons. The average Bonchev–Trinajstić information content (AvgIpc) is 2.79. The lowest BCUT2D eigenvalue weighted by atomic mass is 9.95. The average molecular weight is 512 g/mol. The third kappa shape index (κ3) is 7.26. The van der Waals surface area contributed by atoms with Gasteiger partial charge in [0, 0.05) is 27.7 Å². The zero-order valence-electron chi connectivity index (χ0n) is 18.9. The van der Waals surface area contributed by atoms with E-state index in [0.29, 0.717) is 26.4 Å². The SMILES string of the molecule is Cc1cc(OCC(=O)N(Cc2ccc(Cl)cc2Cl)[C@H](C)C(=O)NC2CCCCC2)ccc1Cl. The number of nitrogens with one attached hydrogen (secondary N) is 1. The molecule has 2 aromatic carbocycles. The van der Waals surface area contributed by atoms with Gasteiger partial charge in [0.15, 0.2) is 6.61 Å². The maximum absolute atomic E-state index is 13.2. The van der Waals surface area contributed by atoms with Crippen LogP contribution in [0.15, 0.2) is 36.4 Å². The van der Waals surface area contributed by atoms with E-state index in [9.17, 15) is 9.59 Å². The summed E-state index contributed by atoms with van der Waals surface area (Å²) in [5.74, 6) is 0.0385. The van der Waals surface area contributed by atoms with Crippen molar-refractivity contribution in [2.24, 2.45) is 0 Å². The largest absolute Gasteiger partial charge is 0.484 e. The summed E-state index contributed by atoms with van der Waals surface area (Å²) in [6.45, 7) is 3.54. The molecular weight excluding hydrogens is 483 g/mol.